The molecule has 1 aliphatic heterocycles. The lowest BCUT2D eigenvalue weighted by atomic mass is 9.89. The molecule has 27 heavy (non-hydrogen) atoms. The monoisotopic (exact) mass is 359 g/mol. The number of aromatic nitrogens is 6. The molecule has 5 rings (SSSR count). The molecule has 0 aliphatic carbocycles. The van der Waals surface area contributed by atoms with E-state index in [9.17, 15) is 0 Å². The average molecular weight is 359 g/mol. The van der Waals surface area contributed by atoms with Gasteiger partial charge in [-0.1, -0.05) is 37.3 Å². The molecule has 4 aromatic rings. The van der Waals surface area contributed by atoms with E-state index in [1.807, 2.05) is 0 Å². The predicted octanol–water partition coefficient (Wildman–Crippen LogP) is 3.18. The first-order valence-electron chi connectivity index (χ1n) is 9.35. The summed E-state index contributed by atoms with van der Waals surface area (Å²) >= 11 is 0. The maximum Gasteiger partial charge on any atom is 0.182 e. The van der Waals surface area contributed by atoms with Crippen LogP contribution in [-0.4, -0.2) is 36.7 Å². The Bertz CT molecular complexity index is 1070. The zero-order valence-electron chi connectivity index (χ0n) is 15.2. The van der Waals surface area contributed by atoms with Crippen molar-refractivity contribution in [2.75, 3.05) is 11.4 Å². The first-order chi connectivity index (χ1) is 13.3. The molecule has 0 bridgehead atoms. The van der Waals surface area contributed by atoms with Crippen LogP contribution in [0.15, 0.2) is 43.0 Å². The SMILES string of the molecule is CC[C@H](c1ccccc1)c1n[nH]c2c1CN(c1ncnc3nc[nH]c13)CC2. The van der Waals surface area contributed by atoms with Gasteiger partial charge in [0.2, 0.25) is 0 Å². The van der Waals surface area contributed by atoms with Gasteiger partial charge in [0.05, 0.1) is 12.0 Å². The minimum atomic E-state index is 0.295. The minimum Gasteiger partial charge on any atom is -0.350 e. The smallest absolute Gasteiger partial charge is 0.182 e. The summed E-state index contributed by atoms with van der Waals surface area (Å²) in [5.74, 6) is 1.20. The summed E-state index contributed by atoms with van der Waals surface area (Å²) in [5, 5.41) is 8.01. The number of hydrogen-bond donors (Lipinski definition) is 2. The van der Waals surface area contributed by atoms with E-state index >= 15 is 0 Å². The van der Waals surface area contributed by atoms with Crippen LogP contribution in [0.4, 0.5) is 5.82 Å². The maximum atomic E-state index is 4.72. The van der Waals surface area contributed by atoms with E-state index in [4.69, 9.17) is 5.10 Å². The summed E-state index contributed by atoms with van der Waals surface area (Å²) in [4.78, 5) is 18.5. The predicted molar refractivity (Wildman–Crippen MR) is 104 cm³/mol. The Morgan fingerprint density at radius 1 is 1.15 bits per heavy atom. The number of fused-ring (bicyclic) bond motifs is 2. The highest BCUT2D eigenvalue weighted by molar-refractivity contribution is 5.82. The van der Waals surface area contributed by atoms with E-state index < -0.39 is 0 Å². The molecule has 1 aliphatic rings. The Hall–Kier alpha value is -3.22. The van der Waals surface area contributed by atoms with Crippen LogP contribution in [0.1, 0.15) is 41.8 Å². The largest absolute Gasteiger partial charge is 0.350 e. The van der Waals surface area contributed by atoms with E-state index in [2.05, 4.69) is 67.2 Å². The van der Waals surface area contributed by atoms with Gasteiger partial charge in [0, 0.05) is 36.7 Å². The normalized spacial score (nSPS) is 15.1. The number of nitrogens with one attached hydrogen (secondary N) is 2. The molecule has 4 heterocycles. The zero-order valence-corrected chi connectivity index (χ0v) is 15.2. The quantitative estimate of drug-likeness (QED) is 0.584. The highest BCUT2D eigenvalue weighted by Crippen LogP contribution is 2.34. The average Bonchev–Trinajstić information content (AvgIpc) is 3.36. The molecule has 1 atom stereocenters. The maximum absolute atomic E-state index is 4.72. The van der Waals surface area contributed by atoms with Crippen molar-refractivity contribution in [2.45, 2.75) is 32.2 Å². The molecule has 1 aromatic carbocycles. The Morgan fingerprint density at radius 3 is 2.89 bits per heavy atom. The number of imidazole rings is 1. The third kappa shape index (κ3) is 2.66. The lowest BCUT2D eigenvalue weighted by molar-refractivity contribution is 0.694. The van der Waals surface area contributed by atoms with Gasteiger partial charge in [0.15, 0.2) is 11.5 Å². The second-order valence-corrected chi connectivity index (χ2v) is 6.91. The van der Waals surface area contributed by atoms with Crippen LogP contribution in [0.3, 0.4) is 0 Å². The number of anilines is 1. The lowest BCUT2D eigenvalue weighted by Crippen LogP contribution is -2.31. The van der Waals surface area contributed by atoms with Gasteiger partial charge in [-0.3, -0.25) is 5.10 Å². The molecule has 0 saturated heterocycles. The van der Waals surface area contributed by atoms with Gasteiger partial charge in [-0.2, -0.15) is 5.10 Å². The van der Waals surface area contributed by atoms with Crippen molar-refractivity contribution in [3.63, 3.8) is 0 Å². The van der Waals surface area contributed by atoms with Gasteiger partial charge in [0.25, 0.3) is 0 Å². The van der Waals surface area contributed by atoms with Crippen LogP contribution in [0.5, 0.6) is 0 Å². The number of hydrogen-bond acceptors (Lipinski definition) is 5. The van der Waals surface area contributed by atoms with Gasteiger partial charge in [-0.15, -0.1) is 0 Å². The molecular formula is C20H21N7. The third-order valence-corrected chi connectivity index (χ3v) is 5.41. The van der Waals surface area contributed by atoms with E-state index in [1.54, 1.807) is 12.7 Å². The van der Waals surface area contributed by atoms with E-state index in [1.165, 1.54) is 16.8 Å². The van der Waals surface area contributed by atoms with Gasteiger partial charge in [-0.05, 0) is 12.0 Å². The topological polar surface area (TPSA) is 86.4 Å². The van der Waals surface area contributed by atoms with Crippen LogP contribution in [-0.2, 0) is 13.0 Å². The molecule has 0 spiro atoms. The van der Waals surface area contributed by atoms with Crippen molar-refractivity contribution in [1.29, 1.82) is 0 Å². The molecule has 0 fully saturated rings. The fraction of sp³-hybridized carbons (Fsp3) is 0.300. The molecule has 2 N–H and O–H groups in total. The highest BCUT2D eigenvalue weighted by Gasteiger charge is 2.28. The first kappa shape index (κ1) is 16.0. The summed E-state index contributed by atoms with van der Waals surface area (Å²) in [6.07, 6.45) is 5.19. The van der Waals surface area contributed by atoms with E-state index in [0.29, 0.717) is 11.6 Å². The van der Waals surface area contributed by atoms with Crippen LogP contribution < -0.4 is 4.90 Å². The van der Waals surface area contributed by atoms with Crippen LogP contribution >= 0.6 is 0 Å². The second kappa shape index (κ2) is 6.50. The summed E-state index contributed by atoms with van der Waals surface area (Å²) in [5.41, 5.74) is 6.59. The molecule has 0 radical (unpaired) electrons. The number of rotatable bonds is 4. The molecule has 0 amide bonds. The zero-order chi connectivity index (χ0) is 18.2. The fourth-order valence-corrected chi connectivity index (χ4v) is 4.05. The number of H-pyrrole nitrogens is 2. The van der Waals surface area contributed by atoms with Crippen molar-refractivity contribution < 1.29 is 0 Å². The minimum absolute atomic E-state index is 0.295. The molecule has 3 aromatic heterocycles. The van der Waals surface area contributed by atoms with Crippen molar-refractivity contribution >= 4 is 17.0 Å². The van der Waals surface area contributed by atoms with Crippen LogP contribution in [0.2, 0.25) is 0 Å². The summed E-state index contributed by atoms with van der Waals surface area (Å²) in [6.45, 7) is 3.90. The second-order valence-electron chi connectivity index (χ2n) is 6.91. The summed E-state index contributed by atoms with van der Waals surface area (Å²) < 4.78 is 0. The lowest BCUT2D eigenvalue weighted by Gasteiger charge is -2.29. The van der Waals surface area contributed by atoms with Crippen molar-refractivity contribution in [3.8, 4) is 0 Å². The first-order valence-corrected chi connectivity index (χ1v) is 9.35. The van der Waals surface area contributed by atoms with Gasteiger partial charge < -0.3 is 9.88 Å². The summed E-state index contributed by atoms with van der Waals surface area (Å²) in [7, 11) is 0. The van der Waals surface area contributed by atoms with Crippen molar-refractivity contribution in [2.24, 2.45) is 0 Å². The number of nitrogens with zero attached hydrogens (tertiary/aromatic N) is 5. The van der Waals surface area contributed by atoms with Gasteiger partial charge >= 0.3 is 0 Å². The summed E-state index contributed by atoms with van der Waals surface area (Å²) in [6, 6.07) is 10.6. The standard InChI is InChI=1S/C20H21N7/c1-2-14(13-6-4-3-5-7-13)17-15-10-27(9-8-16(15)25-26-17)20-18-19(22-11-21-18)23-12-24-20/h3-7,11-12,14H,2,8-10H2,1H3,(H,25,26)(H,21,22,23,24)/t14-/m1/s1. The molecule has 7 heteroatoms. The van der Waals surface area contributed by atoms with Crippen LogP contribution in [0.25, 0.3) is 11.2 Å². The molecule has 7 nitrogen and oxygen atoms in total. The van der Waals surface area contributed by atoms with Crippen molar-refractivity contribution in [3.05, 3.63) is 65.5 Å². The molecule has 136 valence electrons. The Labute approximate surface area is 156 Å². The van der Waals surface area contributed by atoms with E-state index in [-0.39, 0.29) is 0 Å². The number of benzene rings is 1. The molecule has 0 unspecified atom stereocenters. The Morgan fingerprint density at radius 2 is 2.04 bits per heavy atom. The Kier molecular flexibility index (Phi) is 3.85. The highest BCUT2D eigenvalue weighted by atomic mass is 15.2. The van der Waals surface area contributed by atoms with Gasteiger partial charge in [-0.25, -0.2) is 15.0 Å². The Balaban J connectivity index is 1.52. The van der Waals surface area contributed by atoms with Gasteiger partial charge in [0.1, 0.15) is 11.8 Å². The molecular weight excluding hydrogens is 338 g/mol. The van der Waals surface area contributed by atoms with Crippen LogP contribution in [0, 0.1) is 0 Å². The van der Waals surface area contributed by atoms with E-state index in [0.717, 1.165) is 43.0 Å². The third-order valence-electron chi connectivity index (χ3n) is 5.41. The fourth-order valence-electron chi connectivity index (χ4n) is 4.05. The molecule has 0 saturated carbocycles. The number of aromatic amines is 2. The van der Waals surface area contributed by atoms with Crippen molar-refractivity contribution in [1.82, 2.24) is 30.1 Å².